The summed E-state index contributed by atoms with van der Waals surface area (Å²) in [6, 6.07) is 18.9. The Labute approximate surface area is 170 Å². The maximum Gasteiger partial charge on any atom is 0.400 e. The molecule has 0 bridgehead atoms. The van der Waals surface area contributed by atoms with Crippen molar-refractivity contribution in [2.24, 2.45) is 0 Å². The predicted molar refractivity (Wildman–Crippen MR) is 104 cm³/mol. The minimum Gasteiger partial charge on any atom is -0.366 e. The molecule has 1 aliphatic rings. The molecule has 0 aromatic heterocycles. The number of aliphatic hydroxyl groups is 1. The van der Waals surface area contributed by atoms with E-state index in [0.29, 0.717) is 0 Å². The van der Waals surface area contributed by atoms with Crippen molar-refractivity contribution in [1.29, 1.82) is 0 Å². The van der Waals surface area contributed by atoms with E-state index in [2.05, 4.69) is 0 Å². The third kappa shape index (κ3) is 3.09. The summed E-state index contributed by atoms with van der Waals surface area (Å²) in [6.45, 7) is 0. The first-order valence-corrected chi connectivity index (χ1v) is 9.16. The molecule has 4 rings (SSSR count). The molecular weight excluding hydrogens is 403 g/mol. The number of nitrogens with zero attached hydrogens (tertiary/aromatic N) is 1. The average Bonchev–Trinajstić information content (AvgIpc) is 2.89. The maximum atomic E-state index is 14.4. The van der Waals surface area contributed by atoms with Crippen LogP contribution in [0.15, 0.2) is 78.9 Å². The third-order valence-corrected chi connectivity index (χ3v) is 5.26. The fourth-order valence-electron chi connectivity index (χ4n) is 3.87. The summed E-state index contributed by atoms with van der Waals surface area (Å²) in [4.78, 5) is 13.9. The maximum absolute atomic E-state index is 14.4. The Morgan fingerprint density at radius 2 is 1.52 bits per heavy atom. The van der Waals surface area contributed by atoms with E-state index >= 15 is 0 Å². The quantitative estimate of drug-likeness (QED) is 0.612. The van der Waals surface area contributed by atoms with Crippen LogP contribution in [0.5, 0.6) is 0 Å². The second-order valence-electron chi connectivity index (χ2n) is 6.78. The molecule has 0 saturated carbocycles. The number of carbonyl (C=O) groups is 1. The molecule has 2 atom stereocenters. The van der Waals surface area contributed by atoms with Gasteiger partial charge in [0.25, 0.3) is 5.91 Å². The van der Waals surface area contributed by atoms with E-state index in [1.165, 1.54) is 54.6 Å². The van der Waals surface area contributed by atoms with Crippen LogP contribution in [0.1, 0.15) is 27.4 Å². The largest absolute Gasteiger partial charge is 0.400 e. The summed E-state index contributed by atoms with van der Waals surface area (Å²) in [5.74, 6) is -3.12. The SMILES string of the molecule is O=C1c2ccc(Cl)cc2C(O)(C(c2ccccc2)C(F)(F)F)N1c1ccccc1. The lowest BCUT2D eigenvalue weighted by atomic mass is 9.82. The van der Waals surface area contributed by atoms with Crippen LogP contribution in [0.4, 0.5) is 18.9 Å². The Morgan fingerprint density at radius 1 is 0.931 bits per heavy atom. The Hall–Kier alpha value is -2.83. The lowest BCUT2D eigenvalue weighted by molar-refractivity contribution is -0.197. The van der Waals surface area contributed by atoms with Gasteiger partial charge in [0.2, 0.25) is 0 Å². The highest BCUT2D eigenvalue weighted by molar-refractivity contribution is 6.31. The average molecular weight is 418 g/mol. The molecular formula is C22H15ClF3NO2. The van der Waals surface area contributed by atoms with Crippen LogP contribution in [0.2, 0.25) is 5.02 Å². The molecule has 29 heavy (non-hydrogen) atoms. The van der Waals surface area contributed by atoms with Crippen LogP contribution in [0.3, 0.4) is 0 Å². The van der Waals surface area contributed by atoms with Crippen molar-refractivity contribution in [3.8, 4) is 0 Å². The number of carbonyl (C=O) groups excluding carboxylic acids is 1. The standard InChI is InChI=1S/C22H15ClF3NO2/c23-15-11-12-17-18(13-15)21(29,27(20(17)28)16-9-5-2-6-10-16)19(22(24,25)26)14-7-3-1-4-8-14/h1-13,19,29H. The monoisotopic (exact) mass is 417 g/mol. The fraction of sp³-hybridized carbons (Fsp3) is 0.136. The van der Waals surface area contributed by atoms with Crippen LogP contribution in [0.25, 0.3) is 0 Å². The number of alkyl halides is 3. The van der Waals surface area contributed by atoms with Gasteiger partial charge in [0.05, 0.1) is 0 Å². The van der Waals surface area contributed by atoms with E-state index < -0.39 is 23.7 Å². The molecule has 1 aliphatic heterocycles. The smallest absolute Gasteiger partial charge is 0.366 e. The molecule has 1 heterocycles. The van der Waals surface area contributed by atoms with Crippen molar-refractivity contribution >= 4 is 23.2 Å². The van der Waals surface area contributed by atoms with E-state index in [-0.39, 0.29) is 27.4 Å². The highest BCUT2D eigenvalue weighted by Gasteiger charge is 2.63. The van der Waals surface area contributed by atoms with Gasteiger partial charge in [-0.3, -0.25) is 9.69 Å². The van der Waals surface area contributed by atoms with E-state index in [1.807, 2.05) is 0 Å². The zero-order valence-electron chi connectivity index (χ0n) is 14.9. The lowest BCUT2D eigenvalue weighted by Gasteiger charge is -2.41. The van der Waals surface area contributed by atoms with Crippen molar-refractivity contribution in [2.75, 3.05) is 4.90 Å². The molecule has 0 saturated heterocycles. The molecule has 2 unspecified atom stereocenters. The molecule has 3 aromatic rings. The van der Waals surface area contributed by atoms with Crippen molar-refractivity contribution in [1.82, 2.24) is 0 Å². The second-order valence-corrected chi connectivity index (χ2v) is 7.21. The minimum absolute atomic E-state index is 0.0223. The highest BCUT2D eigenvalue weighted by atomic mass is 35.5. The topological polar surface area (TPSA) is 40.5 Å². The molecule has 148 valence electrons. The number of rotatable bonds is 3. The summed E-state index contributed by atoms with van der Waals surface area (Å²) < 4.78 is 43.1. The van der Waals surface area contributed by atoms with Crippen molar-refractivity contribution in [3.63, 3.8) is 0 Å². The molecule has 7 heteroatoms. The van der Waals surface area contributed by atoms with Gasteiger partial charge >= 0.3 is 6.18 Å². The molecule has 0 fully saturated rings. The van der Waals surface area contributed by atoms with Gasteiger partial charge < -0.3 is 5.11 Å². The fourth-order valence-corrected chi connectivity index (χ4v) is 4.05. The summed E-state index contributed by atoms with van der Waals surface area (Å²) in [5.41, 5.74) is -2.92. The highest BCUT2D eigenvalue weighted by Crippen LogP contribution is 2.54. The van der Waals surface area contributed by atoms with Gasteiger partial charge in [-0.2, -0.15) is 13.2 Å². The zero-order valence-corrected chi connectivity index (χ0v) is 15.7. The van der Waals surface area contributed by atoms with Gasteiger partial charge in [0.15, 0.2) is 5.72 Å². The van der Waals surface area contributed by atoms with Gasteiger partial charge in [0, 0.05) is 21.8 Å². The second kappa shape index (κ2) is 6.90. The molecule has 0 spiro atoms. The van der Waals surface area contributed by atoms with E-state index in [4.69, 9.17) is 11.6 Å². The molecule has 3 nitrogen and oxygen atoms in total. The number of halogens is 4. The van der Waals surface area contributed by atoms with Gasteiger partial charge in [-0.25, -0.2) is 0 Å². The van der Waals surface area contributed by atoms with Gasteiger partial charge in [0.1, 0.15) is 5.92 Å². The summed E-state index contributed by atoms with van der Waals surface area (Å²) in [7, 11) is 0. The Morgan fingerprint density at radius 3 is 2.10 bits per heavy atom. The van der Waals surface area contributed by atoms with E-state index in [1.54, 1.807) is 24.3 Å². The van der Waals surface area contributed by atoms with Gasteiger partial charge in [-0.1, -0.05) is 60.1 Å². The molecule has 1 N–H and O–H groups in total. The first kappa shape index (κ1) is 19.5. The van der Waals surface area contributed by atoms with Gasteiger partial charge in [-0.05, 0) is 35.9 Å². The molecule has 1 amide bonds. The van der Waals surface area contributed by atoms with Crippen LogP contribution in [0, 0.1) is 0 Å². The number of hydrogen-bond acceptors (Lipinski definition) is 2. The summed E-state index contributed by atoms with van der Waals surface area (Å²) in [5, 5.41) is 11.9. The first-order chi connectivity index (χ1) is 13.7. The van der Waals surface area contributed by atoms with Crippen molar-refractivity contribution < 1.29 is 23.1 Å². The third-order valence-electron chi connectivity index (χ3n) is 5.03. The number of benzene rings is 3. The van der Waals surface area contributed by atoms with Gasteiger partial charge in [-0.15, -0.1) is 0 Å². The van der Waals surface area contributed by atoms with Crippen molar-refractivity contribution in [3.05, 3.63) is 101 Å². The van der Waals surface area contributed by atoms with Crippen LogP contribution in [-0.2, 0) is 5.72 Å². The Bertz CT molecular complexity index is 1060. The number of anilines is 1. The Kier molecular flexibility index (Phi) is 4.63. The minimum atomic E-state index is -4.85. The number of amides is 1. The molecule has 3 aromatic carbocycles. The van der Waals surface area contributed by atoms with Crippen molar-refractivity contribution in [2.45, 2.75) is 17.8 Å². The Balaban J connectivity index is 2.04. The van der Waals surface area contributed by atoms with Crippen LogP contribution >= 0.6 is 11.6 Å². The predicted octanol–water partition coefficient (Wildman–Crippen LogP) is 5.49. The number of hydrogen-bond donors (Lipinski definition) is 1. The van der Waals surface area contributed by atoms with Crippen LogP contribution < -0.4 is 4.90 Å². The normalized spacial score (nSPS) is 19.9. The summed E-state index contributed by atoms with van der Waals surface area (Å²) in [6.07, 6.45) is -4.85. The zero-order chi connectivity index (χ0) is 20.8. The first-order valence-electron chi connectivity index (χ1n) is 8.78. The number of fused-ring (bicyclic) bond motifs is 1. The van der Waals surface area contributed by atoms with Crippen LogP contribution in [-0.4, -0.2) is 17.2 Å². The van der Waals surface area contributed by atoms with E-state index in [9.17, 15) is 23.1 Å². The molecule has 0 aliphatic carbocycles. The lowest BCUT2D eigenvalue weighted by Crippen LogP contribution is -2.52. The molecule has 0 radical (unpaired) electrons. The van der Waals surface area contributed by atoms with E-state index in [0.717, 1.165) is 4.90 Å². The number of para-hydroxylation sites is 1. The summed E-state index contributed by atoms with van der Waals surface area (Å²) >= 11 is 6.03.